The first kappa shape index (κ1) is 15.5. The lowest BCUT2D eigenvalue weighted by atomic mass is 10.1. The summed E-state index contributed by atoms with van der Waals surface area (Å²) in [6.07, 6.45) is 1.58. The summed E-state index contributed by atoms with van der Waals surface area (Å²) in [5.74, 6) is 0. The molecule has 0 saturated carbocycles. The Kier molecular flexibility index (Phi) is 4.53. The first-order valence-corrected chi connectivity index (χ1v) is 9.52. The predicted octanol–water partition coefficient (Wildman–Crippen LogP) is 5.14. The van der Waals surface area contributed by atoms with Gasteiger partial charge in [-0.2, -0.15) is 0 Å². The lowest BCUT2D eigenvalue weighted by molar-refractivity contribution is 0.0636. The maximum atomic E-state index is 11.9. The van der Waals surface area contributed by atoms with Crippen LogP contribution in [0.1, 0.15) is 26.3 Å². The summed E-state index contributed by atoms with van der Waals surface area (Å²) in [4.78, 5) is 11.9. The van der Waals surface area contributed by atoms with Crippen LogP contribution in [0.25, 0.3) is 10.9 Å². The Morgan fingerprint density at radius 2 is 2.10 bits per heavy atom. The molecule has 1 amide bonds. The summed E-state index contributed by atoms with van der Waals surface area (Å²) in [7, 11) is 1.59. The number of ether oxygens (including phenoxy) is 1. The number of halogens is 1. The first-order chi connectivity index (χ1) is 9.30. The fourth-order valence-corrected chi connectivity index (χ4v) is 3.25. The Morgan fingerprint density at radius 1 is 1.40 bits per heavy atom. The Balaban J connectivity index is 2.29. The number of amides is 1. The Hall–Kier alpha value is -0.890. The van der Waals surface area contributed by atoms with Crippen LogP contribution in [0.4, 0.5) is 10.5 Å². The Bertz CT molecular complexity index is 646. The molecule has 0 fully saturated rings. The lowest BCUT2D eigenvalue weighted by Crippen LogP contribution is -2.27. The molecule has 0 spiro atoms. The number of rotatable bonds is 2. The van der Waals surface area contributed by atoms with Crippen molar-refractivity contribution in [2.75, 3.05) is 5.32 Å². The summed E-state index contributed by atoms with van der Waals surface area (Å²) in [6, 6.07) is 6.09. The molecule has 1 aromatic carbocycles. The second-order valence-electron chi connectivity index (χ2n) is 5.56. The number of nitrogens with zero attached hydrogens (tertiary/aromatic N) is 1. The molecule has 0 aliphatic heterocycles. The van der Waals surface area contributed by atoms with Gasteiger partial charge in [0.2, 0.25) is 0 Å². The van der Waals surface area contributed by atoms with Crippen molar-refractivity contribution < 1.29 is 9.53 Å². The van der Waals surface area contributed by atoms with E-state index in [9.17, 15) is 4.79 Å². The molecule has 1 heterocycles. The number of anilines is 1. The highest BCUT2D eigenvalue weighted by atomic mass is 127. The molecule has 0 saturated heterocycles. The minimum atomic E-state index is -0.500. The van der Waals surface area contributed by atoms with Crippen LogP contribution in [0.5, 0.6) is 0 Å². The Labute approximate surface area is 135 Å². The van der Waals surface area contributed by atoms with Gasteiger partial charge in [0, 0.05) is 47.6 Å². The molecule has 6 heteroatoms. The van der Waals surface area contributed by atoms with E-state index in [0.717, 1.165) is 22.2 Å². The summed E-state index contributed by atoms with van der Waals surface area (Å²) >= 11 is 2.23. The molecule has 2 rings (SSSR count). The first-order valence-electron chi connectivity index (χ1n) is 6.21. The van der Waals surface area contributed by atoms with Crippen LogP contribution in [0.3, 0.4) is 0 Å². The van der Waals surface area contributed by atoms with Gasteiger partial charge in [0.15, 0.2) is 0 Å². The van der Waals surface area contributed by atoms with E-state index < -0.39 is 11.7 Å². The van der Waals surface area contributed by atoms with Crippen LogP contribution in [-0.4, -0.2) is 15.7 Å². The maximum Gasteiger partial charge on any atom is 0.412 e. The maximum absolute atomic E-state index is 11.9. The number of benzene rings is 1. The summed E-state index contributed by atoms with van der Waals surface area (Å²) in [5.41, 5.74) is 2.36. The van der Waals surface area contributed by atoms with Gasteiger partial charge in [0.1, 0.15) is 5.60 Å². The minimum absolute atomic E-state index is 0.430. The monoisotopic (exact) mass is 404 g/mol. The second-order valence-corrected chi connectivity index (χ2v) is 7.28. The second kappa shape index (κ2) is 5.85. The van der Waals surface area contributed by atoms with E-state index in [1.165, 1.54) is 0 Å². The van der Waals surface area contributed by atoms with E-state index in [4.69, 9.17) is 4.74 Å². The summed E-state index contributed by atoms with van der Waals surface area (Å²) in [5, 5.41) is 3.97. The van der Waals surface area contributed by atoms with Crippen molar-refractivity contribution in [3.05, 3.63) is 30.0 Å². The van der Waals surface area contributed by atoms with Crippen LogP contribution < -0.4 is 5.32 Å². The van der Waals surface area contributed by atoms with Crippen molar-refractivity contribution in [3.8, 4) is 0 Å². The van der Waals surface area contributed by atoms with E-state index in [0.29, 0.717) is 0 Å². The van der Waals surface area contributed by atoms with Gasteiger partial charge in [-0.25, -0.2) is 4.79 Å². The molecular weight excluding hydrogens is 387 g/mol. The number of fused-ring (bicyclic) bond motifs is 1. The number of aryl methyl sites for hydroxylation is 1. The SMILES string of the molecule is Cc1cc2ccn(SI)c2cc1NC(=O)OC(C)(C)C. The largest absolute Gasteiger partial charge is 0.444 e. The topological polar surface area (TPSA) is 43.3 Å². The predicted molar refractivity (Wildman–Crippen MR) is 93.5 cm³/mol. The molecule has 0 unspecified atom stereocenters. The van der Waals surface area contributed by atoms with Crippen molar-refractivity contribution in [3.63, 3.8) is 0 Å². The van der Waals surface area contributed by atoms with Crippen molar-refractivity contribution in [1.29, 1.82) is 0 Å². The molecule has 0 aliphatic carbocycles. The van der Waals surface area contributed by atoms with Crippen molar-refractivity contribution in [1.82, 2.24) is 3.97 Å². The zero-order valence-corrected chi connectivity index (χ0v) is 14.8. The molecule has 20 heavy (non-hydrogen) atoms. The molecule has 0 atom stereocenters. The summed E-state index contributed by atoms with van der Waals surface area (Å²) < 4.78 is 7.33. The van der Waals surface area contributed by atoms with Crippen LogP contribution in [0.15, 0.2) is 24.4 Å². The van der Waals surface area contributed by atoms with Gasteiger partial charge < -0.3 is 4.74 Å². The normalized spacial score (nSPS) is 11.7. The number of carbonyl (C=O) groups is 1. The van der Waals surface area contributed by atoms with Gasteiger partial charge in [-0.05, 0) is 51.5 Å². The smallest absolute Gasteiger partial charge is 0.412 e. The van der Waals surface area contributed by atoms with Crippen LogP contribution >= 0.6 is 30.3 Å². The highest BCUT2D eigenvalue weighted by Gasteiger charge is 2.17. The van der Waals surface area contributed by atoms with E-state index in [1.54, 1.807) is 9.12 Å². The fourth-order valence-electron chi connectivity index (χ4n) is 1.88. The van der Waals surface area contributed by atoms with Crippen molar-refractivity contribution in [2.24, 2.45) is 0 Å². The average molecular weight is 404 g/mol. The van der Waals surface area contributed by atoms with E-state index in [1.807, 2.05) is 40.0 Å². The molecule has 0 radical (unpaired) electrons. The number of nitrogens with one attached hydrogen (secondary N) is 1. The van der Waals surface area contributed by atoms with E-state index >= 15 is 0 Å². The van der Waals surface area contributed by atoms with Gasteiger partial charge in [-0.15, -0.1) is 0 Å². The molecule has 108 valence electrons. The molecule has 2 aromatic rings. The van der Waals surface area contributed by atoms with Gasteiger partial charge >= 0.3 is 6.09 Å². The third-order valence-electron chi connectivity index (χ3n) is 2.71. The third kappa shape index (κ3) is 3.60. The van der Waals surface area contributed by atoms with Crippen LogP contribution in [0, 0.1) is 6.92 Å². The number of hydrogen-bond acceptors (Lipinski definition) is 3. The van der Waals surface area contributed by atoms with E-state index in [-0.39, 0.29) is 0 Å². The molecule has 1 aromatic heterocycles. The quantitative estimate of drug-likeness (QED) is 0.705. The van der Waals surface area contributed by atoms with Gasteiger partial charge in [0.25, 0.3) is 0 Å². The standard InChI is InChI=1S/C14H17IN2O2S/c1-9-7-10-5-6-17(20-15)12(10)8-11(9)16-13(18)19-14(2,3)4/h5-8H,1-4H3,(H,16,18). The molecule has 1 N–H and O–H groups in total. The fraction of sp³-hybridized carbons (Fsp3) is 0.357. The zero-order chi connectivity index (χ0) is 14.9. The lowest BCUT2D eigenvalue weighted by Gasteiger charge is -2.20. The zero-order valence-electron chi connectivity index (χ0n) is 11.9. The van der Waals surface area contributed by atoms with Gasteiger partial charge in [-0.1, -0.05) is 0 Å². The average Bonchev–Trinajstić information content (AvgIpc) is 2.69. The number of aromatic nitrogens is 1. The van der Waals surface area contributed by atoms with Gasteiger partial charge in [0.05, 0.1) is 5.52 Å². The third-order valence-corrected chi connectivity index (χ3v) is 4.45. The van der Waals surface area contributed by atoms with E-state index in [2.05, 4.69) is 42.6 Å². The summed E-state index contributed by atoms with van der Waals surface area (Å²) in [6.45, 7) is 7.52. The number of carbonyl (C=O) groups excluding carboxylic acids is 1. The minimum Gasteiger partial charge on any atom is -0.444 e. The highest BCUT2D eigenvalue weighted by molar-refractivity contribution is 14.2. The Morgan fingerprint density at radius 3 is 2.70 bits per heavy atom. The van der Waals surface area contributed by atoms with Crippen molar-refractivity contribution >= 4 is 53.0 Å². The molecule has 0 aliphatic rings. The van der Waals surface area contributed by atoms with Crippen molar-refractivity contribution in [2.45, 2.75) is 33.3 Å². The number of hydrogen-bond donors (Lipinski definition) is 1. The molecular formula is C14H17IN2O2S. The molecule has 0 bridgehead atoms. The van der Waals surface area contributed by atoms with Gasteiger partial charge in [-0.3, -0.25) is 9.29 Å². The van der Waals surface area contributed by atoms with Crippen LogP contribution in [-0.2, 0) is 4.74 Å². The van der Waals surface area contributed by atoms with Crippen LogP contribution in [0.2, 0.25) is 0 Å². The highest BCUT2D eigenvalue weighted by Crippen LogP contribution is 2.29. The molecule has 4 nitrogen and oxygen atoms in total.